The average molecular weight is 243 g/mol. The van der Waals surface area contributed by atoms with Gasteiger partial charge in [0.1, 0.15) is 5.69 Å². The maximum absolute atomic E-state index is 12.6. The minimum atomic E-state index is -2.83. The highest BCUT2D eigenvalue weighted by molar-refractivity contribution is 5.97. The zero-order valence-corrected chi connectivity index (χ0v) is 8.91. The monoisotopic (exact) mass is 243 g/mol. The Bertz CT molecular complexity index is 489. The molecule has 8 heteroatoms. The average Bonchev–Trinajstić information content (AvgIpc) is 2.55. The summed E-state index contributed by atoms with van der Waals surface area (Å²) in [4.78, 5) is 23.5. The second-order valence-corrected chi connectivity index (χ2v) is 3.83. The fraction of sp³-hybridized carbons (Fsp3) is 0.444. The summed E-state index contributed by atoms with van der Waals surface area (Å²) in [6.45, 7) is -1.26. The predicted molar refractivity (Wildman–Crippen MR) is 51.4 cm³/mol. The molecule has 0 atom stereocenters. The normalized spacial score (nSPS) is 17.7. The molecule has 1 aromatic heterocycles. The molecule has 91 valence electrons. The fourth-order valence-corrected chi connectivity index (χ4v) is 1.53. The van der Waals surface area contributed by atoms with Crippen molar-refractivity contribution in [2.75, 3.05) is 13.1 Å². The van der Waals surface area contributed by atoms with Gasteiger partial charge < -0.3 is 10.6 Å². The topological polar surface area (TPSA) is 81.2 Å². The summed E-state index contributed by atoms with van der Waals surface area (Å²) in [6.07, 6.45) is 0. The number of nitrogens with two attached hydrogens (primary N) is 1. The van der Waals surface area contributed by atoms with E-state index in [4.69, 9.17) is 5.73 Å². The number of carbonyl (C=O) groups is 2. The van der Waals surface area contributed by atoms with E-state index < -0.39 is 30.8 Å². The first-order valence-corrected chi connectivity index (χ1v) is 4.73. The maximum atomic E-state index is 12.6. The molecular formula is C9H9F2N4O2. The summed E-state index contributed by atoms with van der Waals surface area (Å²) in [6, 6.07) is 2.40. The lowest BCUT2D eigenvalue weighted by atomic mass is 10.1. The summed E-state index contributed by atoms with van der Waals surface area (Å²) < 4.78 is 26.3. The maximum Gasteiger partial charge on any atom is 0.282 e. The third-order valence-corrected chi connectivity index (χ3v) is 2.38. The lowest BCUT2D eigenvalue weighted by molar-refractivity contribution is -0.113. The van der Waals surface area contributed by atoms with Crippen LogP contribution in [0.1, 0.15) is 21.0 Å². The number of carbonyl (C=O) groups excluding carboxylic acids is 2. The van der Waals surface area contributed by atoms with E-state index in [1.165, 1.54) is 7.05 Å². The van der Waals surface area contributed by atoms with Crippen molar-refractivity contribution in [1.82, 2.24) is 14.7 Å². The minimum absolute atomic E-state index is 0.0608. The van der Waals surface area contributed by atoms with Crippen LogP contribution in [0.5, 0.6) is 0 Å². The van der Waals surface area contributed by atoms with Gasteiger partial charge in [-0.05, 0) is 0 Å². The van der Waals surface area contributed by atoms with Gasteiger partial charge in [-0.1, -0.05) is 0 Å². The molecule has 0 bridgehead atoms. The SMILES string of the molecule is Cn1nc(C(N)=O)[c]c1C(=O)N1CC(F)(F)C1. The Labute approximate surface area is 95.0 Å². The van der Waals surface area contributed by atoms with Crippen LogP contribution in [0.25, 0.3) is 0 Å². The van der Waals surface area contributed by atoms with Crippen LogP contribution in [-0.4, -0.2) is 45.5 Å². The number of likely N-dealkylation sites (tertiary alicyclic amines) is 1. The lowest BCUT2D eigenvalue weighted by Crippen LogP contribution is -2.58. The molecule has 1 aromatic rings. The molecule has 1 aliphatic heterocycles. The highest BCUT2D eigenvalue weighted by Crippen LogP contribution is 2.27. The zero-order chi connectivity index (χ0) is 12.8. The molecule has 1 saturated heterocycles. The van der Waals surface area contributed by atoms with Crippen LogP contribution in [0.2, 0.25) is 0 Å². The fourth-order valence-electron chi connectivity index (χ4n) is 1.53. The number of hydrogen-bond donors (Lipinski definition) is 1. The Morgan fingerprint density at radius 2 is 2.06 bits per heavy atom. The zero-order valence-electron chi connectivity index (χ0n) is 8.91. The van der Waals surface area contributed by atoms with Crippen LogP contribution in [0.3, 0.4) is 0 Å². The molecule has 1 fully saturated rings. The molecule has 1 aliphatic rings. The number of halogens is 2. The molecule has 2 N–H and O–H groups in total. The van der Waals surface area contributed by atoms with Gasteiger partial charge in [-0.3, -0.25) is 14.3 Å². The number of rotatable bonds is 2. The van der Waals surface area contributed by atoms with E-state index >= 15 is 0 Å². The largest absolute Gasteiger partial charge is 0.364 e. The Balaban J connectivity index is 2.18. The number of aromatic nitrogens is 2. The first kappa shape index (κ1) is 11.5. The molecule has 1 radical (unpaired) electrons. The number of hydrogen-bond acceptors (Lipinski definition) is 3. The van der Waals surface area contributed by atoms with Crippen molar-refractivity contribution in [3.63, 3.8) is 0 Å². The van der Waals surface area contributed by atoms with Gasteiger partial charge in [-0.15, -0.1) is 0 Å². The van der Waals surface area contributed by atoms with Crippen molar-refractivity contribution in [1.29, 1.82) is 0 Å². The molecule has 2 amide bonds. The smallest absolute Gasteiger partial charge is 0.282 e. The minimum Gasteiger partial charge on any atom is -0.364 e. The highest BCUT2D eigenvalue weighted by atomic mass is 19.3. The van der Waals surface area contributed by atoms with Gasteiger partial charge >= 0.3 is 0 Å². The van der Waals surface area contributed by atoms with Crippen LogP contribution in [0.15, 0.2) is 0 Å². The van der Waals surface area contributed by atoms with Crippen molar-refractivity contribution in [3.05, 3.63) is 17.5 Å². The van der Waals surface area contributed by atoms with E-state index in [1.54, 1.807) is 0 Å². The second-order valence-electron chi connectivity index (χ2n) is 3.83. The van der Waals surface area contributed by atoms with Crippen LogP contribution in [-0.2, 0) is 7.05 Å². The highest BCUT2D eigenvalue weighted by Gasteiger charge is 2.47. The number of nitrogens with zero attached hydrogens (tertiary/aromatic N) is 3. The summed E-state index contributed by atoms with van der Waals surface area (Å²) in [5.74, 6) is -4.30. The molecule has 2 rings (SSSR count). The summed E-state index contributed by atoms with van der Waals surface area (Å²) in [5, 5.41) is 3.66. The number of primary amides is 1. The van der Waals surface area contributed by atoms with Crippen molar-refractivity contribution in [2.24, 2.45) is 12.8 Å². The molecule has 6 nitrogen and oxygen atoms in total. The molecule has 0 saturated carbocycles. The van der Waals surface area contributed by atoms with Gasteiger partial charge in [0, 0.05) is 7.05 Å². The third kappa shape index (κ3) is 1.97. The Hall–Kier alpha value is -1.99. The molecule has 2 heterocycles. The van der Waals surface area contributed by atoms with Crippen LogP contribution in [0.4, 0.5) is 8.78 Å². The van der Waals surface area contributed by atoms with Crippen molar-refractivity contribution >= 4 is 11.8 Å². The quantitative estimate of drug-likeness (QED) is 0.753. The lowest BCUT2D eigenvalue weighted by Gasteiger charge is -2.38. The van der Waals surface area contributed by atoms with Gasteiger partial charge in [0.05, 0.1) is 19.2 Å². The van der Waals surface area contributed by atoms with Gasteiger partial charge in [-0.2, -0.15) is 5.10 Å². The van der Waals surface area contributed by atoms with Crippen molar-refractivity contribution in [2.45, 2.75) is 5.92 Å². The Kier molecular flexibility index (Phi) is 2.37. The first-order valence-electron chi connectivity index (χ1n) is 4.73. The van der Waals surface area contributed by atoms with Gasteiger partial charge in [-0.25, -0.2) is 8.78 Å². The van der Waals surface area contributed by atoms with E-state index in [-0.39, 0.29) is 11.4 Å². The summed E-state index contributed by atoms with van der Waals surface area (Å²) >= 11 is 0. The second kappa shape index (κ2) is 3.51. The van der Waals surface area contributed by atoms with Crippen LogP contribution >= 0.6 is 0 Å². The standard InChI is InChI=1S/C9H9F2N4O2/c1-14-6(2-5(13-14)7(12)16)8(17)15-3-9(10,11)4-15/h3-4H2,1H3,(H2,12,16). The van der Waals surface area contributed by atoms with Gasteiger partial charge in [0.25, 0.3) is 17.7 Å². The van der Waals surface area contributed by atoms with Crippen molar-refractivity contribution in [3.8, 4) is 0 Å². The van der Waals surface area contributed by atoms with E-state index in [0.29, 0.717) is 0 Å². The number of amides is 2. The molecule has 0 aliphatic carbocycles. The van der Waals surface area contributed by atoms with E-state index in [2.05, 4.69) is 11.2 Å². The summed E-state index contributed by atoms with van der Waals surface area (Å²) in [7, 11) is 1.41. The molecule has 0 unspecified atom stereocenters. The van der Waals surface area contributed by atoms with E-state index in [9.17, 15) is 18.4 Å². The molecule has 17 heavy (non-hydrogen) atoms. The predicted octanol–water partition coefficient (Wildman–Crippen LogP) is -0.590. The van der Waals surface area contributed by atoms with Gasteiger partial charge in [0.2, 0.25) is 0 Å². The number of aryl methyl sites for hydroxylation is 1. The summed E-state index contributed by atoms with van der Waals surface area (Å²) in [5.41, 5.74) is 4.72. The Morgan fingerprint density at radius 3 is 2.47 bits per heavy atom. The molecular weight excluding hydrogens is 234 g/mol. The van der Waals surface area contributed by atoms with E-state index in [1.807, 2.05) is 0 Å². The Morgan fingerprint density at radius 1 is 1.47 bits per heavy atom. The first-order chi connectivity index (χ1) is 7.80. The van der Waals surface area contributed by atoms with E-state index in [0.717, 1.165) is 9.58 Å². The molecule has 0 aromatic carbocycles. The van der Waals surface area contributed by atoms with Crippen LogP contribution < -0.4 is 5.73 Å². The van der Waals surface area contributed by atoms with Crippen molar-refractivity contribution < 1.29 is 18.4 Å². The molecule has 0 spiro atoms. The number of alkyl halides is 2. The van der Waals surface area contributed by atoms with Gasteiger partial charge in [0.15, 0.2) is 5.69 Å². The van der Waals surface area contributed by atoms with Crippen LogP contribution in [0, 0.1) is 6.07 Å². The third-order valence-electron chi connectivity index (χ3n) is 2.38.